The molecule has 0 aliphatic rings. The highest BCUT2D eigenvalue weighted by Crippen LogP contribution is 2.09. The summed E-state index contributed by atoms with van der Waals surface area (Å²) < 4.78 is 19.4. The van der Waals surface area contributed by atoms with Crippen molar-refractivity contribution in [1.82, 2.24) is 4.72 Å². The third-order valence-electron chi connectivity index (χ3n) is 1.62. The Morgan fingerprint density at radius 3 is 2.38 bits per heavy atom. The van der Waals surface area contributed by atoms with E-state index in [1.54, 1.807) is 7.11 Å². The van der Waals surface area contributed by atoms with Crippen LogP contribution in [0.1, 0.15) is 34.1 Å². The van der Waals surface area contributed by atoms with Crippen LogP contribution in [0.4, 0.5) is 0 Å². The third-order valence-corrected chi connectivity index (χ3v) is 3.35. The fraction of sp³-hybridized carbons (Fsp3) is 1.00. The molecule has 0 heterocycles. The fourth-order valence-electron chi connectivity index (χ4n) is 0.713. The molecule has 0 aromatic heterocycles. The lowest BCUT2D eigenvalue weighted by Crippen LogP contribution is -2.38. The topological polar surface area (TPSA) is 38.3 Å². The zero-order valence-electron chi connectivity index (χ0n) is 9.22. The molecule has 0 saturated carbocycles. The molecule has 4 heteroatoms. The highest BCUT2D eigenvalue weighted by atomic mass is 32.2. The summed E-state index contributed by atoms with van der Waals surface area (Å²) in [6.45, 7) is 8.59. The predicted molar refractivity (Wildman–Crippen MR) is 57.0 cm³/mol. The number of hydrogen-bond donors (Lipinski definition) is 1. The van der Waals surface area contributed by atoms with Crippen LogP contribution in [0.5, 0.6) is 0 Å². The van der Waals surface area contributed by atoms with Gasteiger partial charge in [-0.1, -0.05) is 0 Å². The standard InChI is InChI=1S/C9H21NO2S/c1-8(6-7-12-5)10-13(11)9(2,3)4/h8,10H,6-7H2,1-5H3/t8-,13+/m0/s1. The van der Waals surface area contributed by atoms with Gasteiger partial charge in [-0.2, -0.15) is 0 Å². The Bertz CT molecular complexity index is 165. The second-order valence-electron chi connectivity index (χ2n) is 4.18. The summed E-state index contributed by atoms with van der Waals surface area (Å²) in [6.07, 6.45) is 0.887. The number of hydrogen-bond acceptors (Lipinski definition) is 2. The van der Waals surface area contributed by atoms with Crippen molar-refractivity contribution in [1.29, 1.82) is 0 Å². The molecule has 0 radical (unpaired) electrons. The lowest BCUT2D eigenvalue weighted by molar-refractivity contribution is 0.188. The van der Waals surface area contributed by atoms with E-state index in [0.717, 1.165) is 6.42 Å². The van der Waals surface area contributed by atoms with Crippen LogP contribution >= 0.6 is 0 Å². The summed E-state index contributed by atoms with van der Waals surface area (Å²) in [4.78, 5) is 0. The van der Waals surface area contributed by atoms with Gasteiger partial charge in [-0.3, -0.25) is 0 Å². The molecular formula is C9H21NO2S. The normalized spacial score (nSPS) is 17.0. The maximum atomic E-state index is 11.6. The van der Waals surface area contributed by atoms with Crippen LogP contribution in [0.15, 0.2) is 0 Å². The Kier molecular flexibility index (Phi) is 5.76. The molecule has 3 nitrogen and oxygen atoms in total. The van der Waals surface area contributed by atoms with Gasteiger partial charge in [0.1, 0.15) is 0 Å². The van der Waals surface area contributed by atoms with E-state index in [1.165, 1.54) is 0 Å². The molecule has 0 aliphatic carbocycles. The van der Waals surface area contributed by atoms with Crippen LogP contribution in [0, 0.1) is 0 Å². The Hall–Kier alpha value is 0.0700. The molecular weight excluding hydrogens is 186 g/mol. The maximum Gasteiger partial charge on any atom is 0.0972 e. The van der Waals surface area contributed by atoms with Gasteiger partial charge in [-0.05, 0) is 34.1 Å². The van der Waals surface area contributed by atoms with Crippen molar-refractivity contribution in [3.05, 3.63) is 0 Å². The molecule has 1 N–H and O–H groups in total. The van der Waals surface area contributed by atoms with Crippen molar-refractivity contribution < 1.29 is 8.95 Å². The van der Waals surface area contributed by atoms with Gasteiger partial charge in [-0.25, -0.2) is 8.93 Å². The molecule has 0 aliphatic heterocycles. The maximum absolute atomic E-state index is 11.6. The smallest absolute Gasteiger partial charge is 0.0972 e. The molecule has 2 atom stereocenters. The SMILES string of the molecule is COCC[C@H](C)N[S@](=O)C(C)(C)C. The number of rotatable bonds is 5. The number of ether oxygens (including phenoxy) is 1. The highest BCUT2D eigenvalue weighted by Gasteiger charge is 2.20. The first-order valence-corrected chi connectivity index (χ1v) is 5.70. The van der Waals surface area contributed by atoms with Crippen LogP contribution in [0.3, 0.4) is 0 Å². The van der Waals surface area contributed by atoms with Crippen molar-refractivity contribution in [2.75, 3.05) is 13.7 Å². The molecule has 0 saturated heterocycles. The van der Waals surface area contributed by atoms with E-state index in [1.807, 2.05) is 27.7 Å². The van der Waals surface area contributed by atoms with Gasteiger partial charge in [0, 0.05) is 19.8 Å². The van der Waals surface area contributed by atoms with Crippen molar-refractivity contribution in [2.45, 2.75) is 44.9 Å². The Morgan fingerprint density at radius 2 is 2.00 bits per heavy atom. The molecule has 0 fully saturated rings. The largest absolute Gasteiger partial charge is 0.385 e. The minimum Gasteiger partial charge on any atom is -0.385 e. The minimum atomic E-state index is -0.976. The van der Waals surface area contributed by atoms with Crippen LogP contribution in [-0.2, 0) is 15.7 Å². The first kappa shape index (κ1) is 13.1. The Morgan fingerprint density at radius 1 is 1.46 bits per heavy atom. The fourth-order valence-corrected chi connectivity index (χ4v) is 1.55. The van der Waals surface area contributed by atoms with E-state index in [9.17, 15) is 4.21 Å². The Balaban J connectivity index is 3.79. The average Bonchev–Trinajstić information content (AvgIpc) is 1.99. The van der Waals surface area contributed by atoms with Crippen LogP contribution in [-0.4, -0.2) is 28.7 Å². The van der Waals surface area contributed by atoms with E-state index < -0.39 is 11.0 Å². The second kappa shape index (κ2) is 5.73. The van der Waals surface area contributed by atoms with Crippen LogP contribution < -0.4 is 4.72 Å². The summed E-state index contributed by atoms with van der Waals surface area (Å²) in [5.74, 6) is 0. The second-order valence-corrected chi connectivity index (χ2v) is 6.18. The van der Waals surface area contributed by atoms with Gasteiger partial charge in [-0.15, -0.1) is 0 Å². The van der Waals surface area contributed by atoms with Gasteiger partial charge >= 0.3 is 0 Å². The summed E-state index contributed by atoms with van der Waals surface area (Å²) in [6, 6.07) is 0.236. The zero-order valence-corrected chi connectivity index (χ0v) is 10.0. The summed E-state index contributed by atoms with van der Waals surface area (Å²) in [7, 11) is 0.698. The summed E-state index contributed by atoms with van der Waals surface area (Å²) >= 11 is 0. The third kappa shape index (κ3) is 6.18. The molecule has 13 heavy (non-hydrogen) atoms. The first-order chi connectivity index (χ1) is 5.88. The minimum absolute atomic E-state index is 0.193. The lowest BCUT2D eigenvalue weighted by Gasteiger charge is -2.21. The molecule has 0 aromatic carbocycles. The van der Waals surface area contributed by atoms with Crippen LogP contribution in [0.2, 0.25) is 0 Å². The molecule has 80 valence electrons. The summed E-state index contributed by atoms with van der Waals surface area (Å²) in [5, 5.41) is 0. The average molecular weight is 207 g/mol. The van der Waals surface area contributed by atoms with Gasteiger partial charge in [0.05, 0.1) is 15.7 Å². The van der Waals surface area contributed by atoms with Gasteiger partial charge < -0.3 is 4.74 Å². The molecule has 0 unspecified atom stereocenters. The van der Waals surface area contributed by atoms with E-state index in [4.69, 9.17) is 4.74 Å². The number of methoxy groups -OCH3 is 1. The molecule has 0 bridgehead atoms. The van der Waals surface area contributed by atoms with Crippen molar-refractivity contribution >= 4 is 11.0 Å². The van der Waals surface area contributed by atoms with E-state index in [-0.39, 0.29) is 10.8 Å². The van der Waals surface area contributed by atoms with Crippen molar-refractivity contribution in [2.24, 2.45) is 0 Å². The van der Waals surface area contributed by atoms with E-state index >= 15 is 0 Å². The lowest BCUT2D eigenvalue weighted by atomic mass is 10.3. The van der Waals surface area contributed by atoms with Gasteiger partial charge in [0.2, 0.25) is 0 Å². The van der Waals surface area contributed by atoms with Crippen molar-refractivity contribution in [3.8, 4) is 0 Å². The monoisotopic (exact) mass is 207 g/mol. The van der Waals surface area contributed by atoms with Crippen molar-refractivity contribution in [3.63, 3.8) is 0 Å². The predicted octanol–water partition coefficient (Wildman–Crippen LogP) is 1.46. The molecule has 0 amide bonds. The molecule has 0 spiro atoms. The summed E-state index contributed by atoms with van der Waals surface area (Å²) in [5.41, 5.74) is 0. The number of nitrogens with one attached hydrogen (secondary N) is 1. The van der Waals surface area contributed by atoms with E-state index in [0.29, 0.717) is 6.61 Å². The highest BCUT2D eigenvalue weighted by molar-refractivity contribution is 7.84. The van der Waals surface area contributed by atoms with E-state index in [2.05, 4.69) is 4.72 Å². The zero-order chi connectivity index (χ0) is 10.5. The van der Waals surface area contributed by atoms with Gasteiger partial charge in [0.25, 0.3) is 0 Å². The Labute approximate surface area is 83.8 Å². The van der Waals surface area contributed by atoms with Gasteiger partial charge in [0.15, 0.2) is 0 Å². The molecule has 0 rings (SSSR count). The van der Waals surface area contributed by atoms with Crippen LogP contribution in [0.25, 0.3) is 0 Å². The quantitative estimate of drug-likeness (QED) is 0.741. The first-order valence-electron chi connectivity index (χ1n) is 4.55. The molecule has 0 aromatic rings.